The van der Waals surface area contributed by atoms with Crippen LogP contribution in [0.1, 0.15) is 44.8 Å². The second-order valence-electron chi connectivity index (χ2n) is 8.61. The Bertz CT molecular complexity index is 1490. The number of aliphatic hydroxyl groups excluding tert-OH is 1. The largest absolute Gasteiger partial charge is 0.394 e. The van der Waals surface area contributed by atoms with Gasteiger partial charge in [-0.3, -0.25) is 9.59 Å². The molecule has 0 spiro atoms. The Labute approximate surface area is 209 Å². The molecule has 0 aliphatic carbocycles. The number of fused-ring (bicyclic) bond motifs is 1. The predicted octanol–water partition coefficient (Wildman–Crippen LogP) is 2.97. The van der Waals surface area contributed by atoms with Crippen molar-refractivity contribution in [1.29, 1.82) is 0 Å². The summed E-state index contributed by atoms with van der Waals surface area (Å²) >= 11 is 0. The highest BCUT2D eigenvalue weighted by Gasteiger charge is 2.27. The molecular formula is C25H21F2N7O3. The van der Waals surface area contributed by atoms with E-state index in [1.54, 1.807) is 25.1 Å². The number of anilines is 1. The molecule has 37 heavy (non-hydrogen) atoms. The summed E-state index contributed by atoms with van der Waals surface area (Å²) in [6, 6.07) is 12.3. The van der Waals surface area contributed by atoms with E-state index in [9.17, 15) is 23.5 Å². The van der Waals surface area contributed by atoms with Crippen LogP contribution in [0.3, 0.4) is 0 Å². The number of nitrogens with zero attached hydrogens (tertiary/aromatic N) is 6. The first-order chi connectivity index (χ1) is 17.8. The van der Waals surface area contributed by atoms with Crippen molar-refractivity contribution in [3.05, 3.63) is 88.5 Å². The highest BCUT2D eigenvalue weighted by molar-refractivity contribution is 6.04. The van der Waals surface area contributed by atoms with Crippen molar-refractivity contribution in [1.82, 2.24) is 30.1 Å². The quantitative estimate of drug-likeness (QED) is 0.413. The number of aromatic nitrogens is 5. The van der Waals surface area contributed by atoms with Crippen LogP contribution >= 0.6 is 0 Å². The van der Waals surface area contributed by atoms with Crippen molar-refractivity contribution < 1.29 is 23.5 Å². The SMILES string of the molecule is C[C@H](CO)n1nnnc1-c1cccc(NC(=O)c2cc3c(cc2F)CN(C(=O)c2ccc(F)cc2)C3)n1. The van der Waals surface area contributed by atoms with E-state index in [2.05, 4.69) is 25.8 Å². The van der Waals surface area contributed by atoms with E-state index in [1.165, 1.54) is 46.0 Å². The molecule has 2 amide bonds. The van der Waals surface area contributed by atoms with Gasteiger partial charge in [-0.05, 0) is 77.0 Å². The summed E-state index contributed by atoms with van der Waals surface area (Å²) in [5.41, 5.74) is 1.71. The molecule has 2 aromatic carbocycles. The molecule has 0 unspecified atom stereocenters. The van der Waals surface area contributed by atoms with E-state index >= 15 is 0 Å². The van der Waals surface area contributed by atoms with Gasteiger partial charge < -0.3 is 15.3 Å². The average Bonchev–Trinajstić information content (AvgIpc) is 3.55. The summed E-state index contributed by atoms with van der Waals surface area (Å²) in [6.45, 7) is 1.91. The Kier molecular flexibility index (Phi) is 6.40. The Hall–Kier alpha value is -4.58. The molecule has 0 bridgehead atoms. The molecule has 0 saturated carbocycles. The van der Waals surface area contributed by atoms with Crippen LogP contribution in [0, 0.1) is 11.6 Å². The normalized spacial score (nSPS) is 13.4. The zero-order chi connectivity index (χ0) is 26.1. The van der Waals surface area contributed by atoms with Crippen LogP contribution in [-0.2, 0) is 13.1 Å². The number of carbonyl (C=O) groups is 2. The summed E-state index contributed by atoms with van der Waals surface area (Å²) in [6.07, 6.45) is 0. The Morgan fingerprint density at radius 2 is 1.81 bits per heavy atom. The van der Waals surface area contributed by atoms with Gasteiger partial charge >= 0.3 is 0 Å². The minimum Gasteiger partial charge on any atom is -0.394 e. The second kappa shape index (κ2) is 9.82. The van der Waals surface area contributed by atoms with Crippen LogP contribution < -0.4 is 5.32 Å². The molecule has 188 valence electrons. The van der Waals surface area contributed by atoms with Crippen molar-refractivity contribution in [2.24, 2.45) is 0 Å². The maximum Gasteiger partial charge on any atom is 0.259 e. The molecule has 5 rings (SSSR count). The number of carbonyl (C=O) groups excluding carboxylic acids is 2. The first-order valence-corrected chi connectivity index (χ1v) is 11.4. The van der Waals surface area contributed by atoms with E-state index in [4.69, 9.17) is 0 Å². The minimum atomic E-state index is -0.732. The van der Waals surface area contributed by atoms with Crippen LogP contribution in [0.2, 0.25) is 0 Å². The average molecular weight is 505 g/mol. The number of halogens is 2. The predicted molar refractivity (Wildman–Crippen MR) is 127 cm³/mol. The Morgan fingerprint density at radius 1 is 1.08 bits per heavy atom. The lowest BCUT2D eigenvalue weighted by Crippen LogP contribution is -2.25. The zero-order valence-electron chi connectivity index (χ0n) is 19.6. The molecule has 0 radical (unpaired) electrons. The van der Waals surface area contributed by atoms with Crippen molar-refractivity contribution in [3.63, 3.8) is 0 Å². The lowest BCUT2D eigenvalue weighted by atomic mass is 10.1. The molecule has 2 N–H and O–H groups in total. The molecule has 1 aliphatic heterocycles. The summed E-state index contributed by atoms with van der Waals surface area (Å²) in [7, 11) is 0. The summed E-state index contributed by atoms with van der Waals surface area (Å²) < 4.78 is 29.5. The molecule has 10 nitrogen and oxygen atoms in total. The third-order valence-corrected chi connectivity index (χ3v) is 6.03. The molecule has 3 heterocycles. The van der Waals surface area contributed by atoms with Crippen molar-refractivity contribution in [3.8, 4) is 11.5 Å². The van der Waals surface area contributed by atoms with E-state index in [0.29, 0.717) is 28.2 Å². The van der Waals surface area contributed by atoms with E-state index < -0.39 is 17.5 Å². The minimum absolute atomic E-state index is 0.154. The first-order valence-electron chi connectivity index (χ1n) is 11.4. The van der Waals surface area contributed by atoms with Crippen LogP contribution in [0.4, 0.5) is 14.6 Å². The van der Waals surface area contributed by atoms with Crippen LogP contribution in [0.5, 0.6) is 0 Å². The number of benzene rings is 2. The number of tetrazole rings is 1. The summed E-state index contributed by atoms with van der Waals surface area (Å²) in [5, 5.41) is 23.4. The molecule has 1 aliphatic rings. The number of nitrogens with one attached hydrogen (secondary N) is 1. The maximum atomic E-state index is 14.9. The van der Waals surface area contributed by atoms with Gasteiger partial charge in [-0.25, -0.2) is 18.4 Å². The third kappa shape index (κ3) is 4.78. The van der Waals surface area contributed by atoms with Crippen LogP contribution in [-0.4, -0.2) is 53.6 Å². The van der Waals surface area contributed by atoms with Gasteiger partial charge in [0.1, 0.15) is 23.1 Å². The Balaban J connectivity index is 1.34. The topological polar surface area (TPSA) is 126 Å². The highest BCUT2D eigenvalue weighted by atomic mass is 19.1. The summed E-state index contributed by atoms with van der Waals surface area (Å²) in [5.74, 6) is -1.76. The first kappa shape index (κ1) is 24.1. The standard InChI is InChI=1S/C25H21F2N7O3/c1-14(13-35)34-23(30-31-32-34)21-3-2-4-22(28-21)29-24(36)19-9-16-11-33(12-17(16)10-20(19)27)25(37)15-5-7-18(26)8-6-15/h2-10,14,35H,11-13H2,1H3,(H,28,29,36)/t14-/m1/s1. The lowest BCUT2D eigenvalue weighted by molar-refractivity contribution is 0.0751. The van der Waals surface area contributed by atoms with Gasteiger partial charge in [0.25, 0.3) is 11.8 Å². The number of hydrogen-bond donors (Lipinski definition) is 2. The van der Waals surface area contributed by atoms with Crippen LogP contribution in [0.15, 0.2) is 54.6 Å². The Morgan fingerprint density at radius 3 is 2.54 bits per heavy atom. The van der Waals surface area contributed by atoms with Gasteiger partial charge in [-0.15, -0.1) is 5.10 Å². The number of hydrogen-bond acceptors (Lipinski definition) is 7. The smallest absolute Gasteiger partial charge is 0.259 e. The van der Waals surface area contributed by atoms with Crippen molar-refractivity contribution in [2.45, 2.75) is 26.1 Å². The monoisotopic (exact) mass is 505 g/mol. The van der Waals surface area contributed by atoms with E-state index in [0.717, 1.165) is 0 Å². The third-order valence-electron chi connectivity index (χ3n) is 6.03. The van der Waals surface area contributed by atoms with E-state index in [1.807, 2.05) is 0 Å². The number of aliphatic hydroxyl groups is 1. The number of amides is 2. The highest BCUT2D eigenvalue weighted by Crippen LogP contribution is 2.28. The fourth-order valence-electron chi connectivity index (χ4n) is 4.06. The molecule has 1 atom stereocenters. The molecule has 0 saturated heterocycles. The molecule has 4 aromatic rings. The summed E-state index contributed by atoms with van der Waals surface area (Å²) in [4.78, 5) is 31.6. The molecule has 12 heteroatoms. The van der Waals surface area contributed by atoms with Gasteiger partial charge in [-0.2, -0.15) is 0 Å². The van der Waals surface area contributed by atoms with Gasteiger partial charge in [0.15, 0.2) is 0 Å². The molecule has 0 fully saturated rings. The number of rotatable bonds is 6. The van der Waals surface area contributed by atoms with Gasteiger partial charge in [-0.1, -0.05) is 6.07 Å². The van der Waals surface area contributed by atoms with E-state index in [-0.39, 0.29) is 43.0 Å². The second-order valence-corrected chi connectivity index (χ2v) is 8.61. The molecular weight excluding hydrogens is 484 g/mol. The van der Waals surface area contributed by atoms with Crippen LogP contribution in [0.25, 0.3) is 11.5 Å². The van der Waals surface area contributed by atoms with Crippen molar-refractivity contribution in [2.75, 3.05) is 11.9 Å². The lowest BCUT2D eigenvalue weighted by Gasteiger charge is -2.15. The van der Waals surface area contributed by atoms with Crippen molar-refractivity contribution >= 4 is 17.6 Å². The van der Waals surface area contributed by atoms with Gasteiger partial charge in [0.2, 0.25) is 5.82 Å². The maximum absolute atomic E-state index is 14.9. The zero-order valence-corrected chi connectivity index (χ0v) is 19.6. The fourth-order valence-corrected chi connectivity index (χ4v) is 4.06. The van der Waals surface area contributed by atoms with Gasteiger partial charge in [0, 0.05) is 18.7 Å². The number of pyridine rings is 1. The van der Waals surface area contributed by atoms with Gasteiger partial charge in [0.05, 0.1) is 18.2 Å². The molecule has 2 aromatic heterocycles. The fraction of sp³-hybridized carbons (Fsp3) is 0.200.